The fraction of sp³-hybridized carbons (Fsp3) is 0.833. The number of rotatable bonds is 4. The van der Waals surface area contributed by atoms with E-state index in [4.69, 9.17) is 15.9 Å². The maximum Gasteiger partial charge on any atom is 0.454 e. The van der Waals surface area contributed by atoms with E-state index in [1.165, 1.54) is 0 Å². The van der Waals surface area contributed by atoms with E-state index in [0.29, 0.717) is 0 Å². The van der Waals surface area contributed by atoms with Crippen molar-refractivity contribution in [3.8, 4) is 0 Å². The summed E-state index contributed by atoms with van der Waals surface area (Å²) in [4.78, 5) is 11.1. The first kappa shape index (κ1) is 14.2. The molecule has 1 fully saturated rings. The molecule has 1 heterocycles. The lowest BCUT2D eigenvalue weighted by atomic mass is 9.99. The Balaban J connectivity index is 2.96. The molecule has 0 aliphatic carbocycles. The van der Waals surface area contributed by atoms with Crippen LogP contribution in [0.25, 0.3) is 0 Å². The Hall–Kier alpha value is -0.820. The van der Waals surface area contributed by atoms with Gasteiger partial charge in [0.25, 0.3) is 5.72 Å². The predicted octanol–water partition coefficient (Wildman–Crippen LogP) is -4.47. The Morgan fingerprint density at radius 3 is 2.24 bits per heavy atom. The number of carbonyl (C=O) groups excluding carboxylic acids is 1. The molecule has 1 aliphatic rings. The third-order valence-corrected chi connectivity index (χ3v) is 2.92. The van der Waals surface area contributed by atoms with Crippen molar-refractivity contribution in [3.05, 3.63) is 0 Å². The van der Waals surface area contributed by atoms with Crippen LogP contribution in [0.15, 0.2) is 0 Å². The van der Waals surface area contributed by atoms with Crippen LogP contribution in [-0.4, -0.2) is 65.5 Å². The summed E-state index contributed by atoms with van der Waals surface area (Å²) in [7, 11) is -4.70. The average molecular weight is 273 g/mol. The second kappa shape index (κ2) is 4.45. The standard InChI is InChI=1S/C6H11NO9S/c7-6(4(11)3(10)2(9)1-8)5(12)15-17(13,14)16-6/h2-4,8-11H,1,7H2/t2?,3-,4+,6-/m1/s1. The molecule has 1 rings (SSSR count). The van der Waals surface area contributed by atoms with Crippen LogP contribution in [0.4, 0.5) is 0 Å². The lowest BCUT2D eigenvalue weighted by Crippen LogP contribution is -2.62. The van der Waals surface area contributed by atoms with Crippen molar-refractivity contribution in [3.63, 3.8) is 0 Å². The summed E-state index contributed by atoms with van der Waals surface area (Å²) in [6.45, 7) is -0.948. The largest absolute Gasteiger partial charge is 0.454 e. The van der Waals surface area contributed by atoms with Gasteiger partial charge in [-0.1, -0.05) is 0 Å². The van der Waals surface area contributed by atoms with Crippen LogP contribution in [0, 0.1) is 0 Å². The Bertz CT molecular complexity index is 408. The zero-order valence-electron chi connectivity index (χ0n) is 8.25. The zero-order chi connectivity index (χ0) is 13.4. The van der Waals surface area contributed by atoms with Gasteiger partial charge in [-0.25, -0.2) is 8.98 Å². The van der Waals surface area contributed by atoms with E-state index in [-0.39, 0.29) is 0 Å². The van der Waals surface area contributed by atoms with E-state index in [2.05, 4.69) is 8.37 Å². The van der Waals surface area contributed by atoms with Gasteiger partial charge in [0.05, 0.1) is 6.61 Å². The fourth-order valence-electron chi connectivity index (χ4n) is 1.12. The molecule has 0 aromatic carbocycles. The molecule has 17 heavy (non-hydrogen) atoms. The molecule has 0 amide bonds. The summed E-state index contributed by atoms with van der Waals surface area (Å²) in [6.07, 6.45) is -6.26. The molecular formula is C6H11NO9S. The van der Waals surface area contributed by atoms with Crippen LogP contribution in [0.3, 0.4) is 0 Å². The quantitative estimate of drug-likeness (QED) is 0.335. The van der Waals surface area contributed by atoms with Crippen molar-refractivity contribution in [2.75, 3.05) is 6.61 Å². The van der Waals surface area contributed by atoms with Gasteiger partial charge in [0.15, 0.2) is 0 Å². The minimum absolute atomic E-state index is 0.948. The van der Waals surface area contributed by atoms with Crippen molar-refractivity contribution < 1.29 is 42.0 Å². The van der Waals surface area contributed by atoms with Gasteiger partial charge in [0, 0.05) is 0 Å². The second-order valence-electron chi connectivity index (χ2n) is 3.34. The number of hydrogen-bond acceptors (Lipinski definition) is 10. The van der Waals surface area contributed by atoms with Crippen LogP contribution in [0.2, 0.25) is 0 Å². The topological polar surface area (TPSA) is 177 Å². The van der Waals surface area contributed by atoms with Gasteiger partial charge in [-0.05, 0) is 0 Å². The fourth-order valence-corrected chi connectivity index (χ4v) is 1.97. The molecule has 0 spiro atoms. The van der Waals surface area contributed by atoms with E-state index >= 15 is 0 Å². The van der Waals surface area contributed by atoms with Gasteiger partial charge in [-0.3, -0.25) is 5.73 Å². The molecule has 10 nitrogen and oxygen atoms in total. The third-order valence-electron chi connectivity index (χ3n) is 2.08. The minimum atomic E-state index is -4.70. The maximum absolute atomic E-state index is 11.1. The van der Waals surface area contributed by atoms with Gasteiger partial charge >= 0.3 is 16.4 Å². The molecule has 0 aromatic rings. The summed E-state index contributed by atoms with van der Waals surface area (Å²) in [5.74, 6) is -1.64. The van der Waals surface area contributed by atoms with Crippen LogP contribution in [-0.2, 0) is 23.6 Å². The van der Waals surface area contributed by atoms with E-state index in [9.17, 15) is 23.4 Å². The molecule has 11 heteroatoms. The number of hydrogen-bond donors (Lipinski definition) is 5. The normalized spacial score (nSPS) is 32.9. The molecule has 0 bridgehead atoms. The molecule has 4 atom stereocenters. The minimum Gasteiger partial charge on any atom is -0.394 e. The molecule has 6 N–H and O–H groups in total. The monoisotopic (exact) mass is 273 g/mol. The Morgan fingerprint density at radius 2 is 1.88 bits per heavy atom. The number of carbonyl (C=O) groups is 1. The predicted molar refractivity (Wildman–Crippen MR) is 48.1 cm³/mol. The van der Waals surface area contributed by atoms with Crippen LogP contribution in [0.5, 0.6) is 0 Å². The summed E-state index contributed by atoms with van der Waals surface area (Å²) in [6, 6.07) is 0. The molecule has 1 unspecified atom stereocenters. The Kier molecular flexibility index (Phi) is 3.73. The molecule has 0 aromatic heterocycles. The first-order valence-corrected chi connectivity index (χ1v) is 5.61. The van der Waals surface area contributed by atoms with Crippen LogP contribution < -0.4 is 5.73 Å². The zero-order valence-corrected chi connectivity index (χ0v) is 9.07. The van der Waals surface area contributed by atoms with Gasteiger partial charge in [-0.2, -0.15) is 8.42 Å². The number of nitrogens with two attached hydrogens (primary N) is 1. The SMILES string of the molecule is N[C@]1([C@@H](O)[C@H](O)C(O)CO)OS(=O)(=O)OC1=O. The number of aliphatic hydroxyl groups is 4. The van der Waals surface area contributed by atoms with Gasteiger partial charge in [0.2, 0.25) is 0 Å². The smallest absolute Gasteiger partial charge is 0.394 e. The summed E-state index contributed by atoms with van der Waals surface area (Å²) in [5, 5.41) is 36.2. The highest BCUT2D eigenvalue weighted by Gasteiger charge is 2.59. The molecule has 100 valence electrons. The molecular weight excluding hydrogens is 262 g/mol. The molecule has 1 aliphatic heterocycles. The Labute approximate surface area is 95.5 Å². The molecule has 0 saturated carbocycles. The maximum atomic E-state index is 11.1. The second-order valence-corrected chi connectivity index (χ2v) is 4.49. The summed E-state index contributed by atoms with van der Waals surface area (Å²) in [5.41, 5.74) is 2.27. The van der Waals surface area contributed by atoms with E-state index in [1.54, 1.807) is 0 Å². The first-order chi connectivity index (χ1) is 7.64. The van der Waals surface area contributed by atoms with Crippen molar-refractivity contribution in [2.24, 2.45) is 5.73 Å². The van der Waals surface area contributed by atoms with Crippen molar-refractivity contribution in [1.82, 2.24) is 0 Å². The average Bonchev–Trinajstić information content (AvgIpc) is 2.45. The van der Waals surface area contributed by atoms with Gasteiger partial charge in [0.1, 0.15) is 18.3 Å². The van der Waals surface area contributed by atoms with Crippen LogP contribution >= 0.6 is 0 Å². The van der Waals surface area contributed by atoms with Gasteiger partial charge < -0.3 is 24.6 Å². The first-order valence-electron chi connectivity index (χ1n) is 4.27. The van der Waals surface area contributed by atoms with Crippen molar-refractivity contribution >= 4 is 16.4 Å². The van der Waals surface area contributed by atoms with Crippen molar-refractivity contribution in [2.45, 2.75) is 24.0 Å². The van der Waals surface area contributed by atoms with E-state index < -0.39 is 47.0 Å². The highest BCUT2D eigenvalue weighted by atomic mass is 32.3. The Morgan fingerprint density at radius 1 is 1.35 bits per heavy atom. The summed E-state index contributed by atoms with van der Waals surface area (Å²) < 4.78 is 29.3. The number of aliphatic hydroxyl groups excluding tert-OH is 4. The van der Waals surface area contributed by atoms with E-state index in [0.717, 1.165) is 0 Å². The molecule has 0 radical (unpaired) electrons. The lowest BCUT2D eigenvalue weighted by Gasteiger charge is -2.28. The van der Waals surface area contributed by atoms with Crippen LogP contribution in [0.1, 0.15) is 0 Å². The van der Waals surface area contributed by atoms with Crippen molar-refractivity contribution in [1.29, 1.82) is 0 Å². The lowest BCUT2D eigenvalue weighted by molar-refractivity contribution is -0.168. The van der Waals surface area contributed by atoms with Gasteiger partial charge in [-0.15, -0.1) is 0 Å². The highest BCUT2D eigenvalue weighted by molar-refractivity contribution is 7.82. The third kappa shape index (κ3) is 2.55. The van der Waals surface area contributed by atoms with E-state index in [1.807, 2.05) is 0 Å². The highest BCUT2D eigenvalue weighted by Crippen LogP contribution is 2.27. The summed E-state index contributed by atoms with van der Waals surface area (Å²) >= 11 is 0. The molecule has 1 saturated heterocycles.